The van der Waals surface area contributed by atoms with E-state index in [2.05, 4.69) is 201 Å². The van der Waals surface area contributed by atoms with Crippen LogP contribution in [-0.4, -0.2) is 18.5 Å². The van der Waals surface area contributed by atoms with Crippen molar-refractivity contribution in [3.8, 4) is 0 Å². The van der Waals surface area contributed by atoms with Crippen LogP contribution in [-0.2, 0) is 38.5 Å². The smallest absolute Gasteiger partial charge is 0.0638 e. The highest BCUT2D eigenvalue weighted by atomic mass is 35.5. The predicted octanol–water partition coefficient (Wildman–Crippen LogP) is 14.6. The third-order valence-electron chi connectivity index (χ3n) is 11.1. The van der Waals surface area contributed by atoms with Gasteiger partial charge >= 0.3 is 0 Å². The fraction of sp³-hybridized carbons (Fsp3) is 0.172. The van der Waals surface area contributed by atoms with E-state index >= 15 is 0 Å². The van der Waals surface area contributed by atoms with Crippen molar-refractivity contribution in [1.29, 1.82) is 0 Å². The van der Waals surface area contributed by atoms with Gasteiger partial charge in [-0.25, -0.2) is 4.99 Å². The zero-order chi connectivity index (χ0) is 41.5. The van der Waals surface area contributed by atoms with Gasteiger partial charge in [-0.15, -0.1) is 24.8 Å². The first kappa shape index (κ1) is 47.0. The van der Waals surface area contributed by atoms with Crippen molar-refractivity contribution in [3.63, 3.8) is 0 Å². The molecule has 0 radical (unpaired) electrons. The molecule has 0 spiro atoms. The van der Waals surface area contributed by atoms with Crippen LogP contribution in [0.1, 0.15) is 79.2 Å². The van der Waals surface area contributed by atoms with E-state index in [0.717, 1.165) is 55.6 Å². The van der Waals surface area contributed by atoms with E-state index in [1.54, 1.807) is 7.05 Å². The van der Waals surface area contributed by atoms with Crippen LogP contribution in [0.5, 0.6) is 0 Å². The molecule has 0 aromatic heterocycles. The number of hydrogen-bond donors (Lipinski definition) is 0. The molecule has 0 fully saturated rings. The summed E-state index contributed by atoms with van der Waals surface area (Å²) in [6.07, 6.45) is 13.9. The van der Waals surface area contributed by atoms with Crippen molar-refractivity contribution >= 4 is 41.9 Å². The maximum absolute atomic E-state index is 4.68. The van der Waals surface area contributed by atoms with Crippen LogP contribution in [0.15, 0.2) is 204 Å². The minimum Gasteiger partial charge on any atom is -0.289 e. The molecule has 0 amide bonds. The zero-order valence-corrected chi connectivity index (χ0v) is 38.1. The van der Waals surface area contributed by atoms with Gasteiger partial charge in [0.1, 0.15) is 0 Å². The second-order valence-corrected chi connectivity index (χ2v) is 16.0. The van der Waals surface area contributed by atoms with Gasteiger partial charge in [0.15, 0.2) is 0 Å². The lowest BCUT2D eigenvalue weighted by atomic mass is 9.98. The van der Waals surface area contributed by atoms with E-state index < -0.39 is 0 Å². The second kappa shape index (κ2) is 23.8. The van der Waals surface area contributed by atoms with E-state index in [0.29, 0.717) is 0 Å². The van der Waals surface area contributed by atoms with E-state index in [1.165, 1.54) is 72.3 Å². The molecule has 0 saturated heterocycles. The van der Waals surface area contributed by atoms with Crippen LogP contribution in [0, 0.1) is 13.8 Å². The Morgan fingerprint density at radius 3 is 0.790 bits per heavy atom. The van der Waals surface area contributed by atoms with Crippen LogP contribution < -0.4 is 0 Å². The molecule has 7 aromatic rings. The number of nitrogens with zero attached hydrogens (tertiary/aromatic N) is 2. The fourth-order valence-corrected chi connectivity index (χ4v) is 7.32. The van der Waals surface area contributed by atoms with Crippen molar-refractivity contribution in [2.75, 3.05) is 7.05 Å². The molecule has 62 heavy (non-hydrogen) atoms. The highest BCUT2D eigenvalue weighted by molar-refractivity contribution is 6.18. The van der Waals surface area contributed by atoms with Gasteiger partial charge in [-0.2, -0.15) is 0 Å². The molecule has 0 bridgehead atoms. The average molecular weight is 854 g/mol. The first-order valence-corrected chi connectivity index (χ1v) is 21.3. The molecule has 314 valence electrons. The quantitative estimate of drug-likeness (QED) is 0.109. The summed E-state index contributed by atoms with van der Waals surface area (Å²) in [7, 11) is 1.79. The van der Waals surface area contributed by atoms with Crippen molar-refractivity contribution < 1.29 is 0 Å². The Balaban J connectivity index is 0.000000227. The molecule has 7 aromatic carbocycles. The third kappa shape index (κ3) is 14.5. The molecule has 0 aliphatic heterocycles. The molecule has 4 heteroatoms. The lowest BCUT2D eigenvalue weighted by molar-refractivity contribution is 1.11. The van der Waals surface area contributed by atoms with Crippen LogP contribution >= 0.6 is 24.8 Å². The standard InChI is InChI=1S/C30H30.C28H26N2.2ClH/c1-3-24-8-10-26(11-9-24)21-28-16-18-30(19-17-28)22-29-14-12-27(13-15-29)20-25-6-4-23(2)5-7-25;1-21-3-5-22(6-4-21)19-23-7-9-24(10-8-23)20-25-11-13-27(14-12-25)30-28-17-15-26(29-2)16-18-28;;/h4-19H,3,20-22H2,1-2H3;3-18H,19-20H2,1-2H3;2*1H. The van der Waals surface area contributed by atoms with Crippen molar-refractivity contribution in [3.05, 3.63) is 266 Å². The summed E-state index contributed by atoms with van der Waals surface area (Å²) in [5, 5.41) is 0. The van der Waals surface area contributed by atoms with E-state index in [4.69, 9.17) is 0 Å². The number of hydrogen-bond acceptors (Lipinski definition) is 2. The van der Waals surface area contributed by atoms with Crippen molar-refractivity contribution in [2.24, 2.45) is 9.98 Å². The maximum atomic E-state index is 4.68. The number of benzene rings is 7. The van der Waals surface area contributed by atoms with Crippen LogP contribution in [0.4, 0.5) is 5.69 Å². The Bertz CT molecular complexity index is 2530. The van der Waals surface area contributed by atoms with Gasteiger partial charge in [-0.1, -0.05) is 176 Å². The fourth-order valence-electron chi connectivity index (χ4n) is 7.32. The Hall–Kier alpha value is -6.06. The van der Waals surface area contributed by atoms with Crippen molar-refractivity contribution in [2.45, 2.75) is 59.3 Å². The Morgan fingerprint density at radius 1 is 0.306 bits per heavy atom. The summed E-state index contributed by atoms with van der Waals surface area (Å²) in [4.78, 5) is 8.84. The number of allylic oxidation sites excluding steroid dienone is 4. The van der Waals surface area contributed by atoms with E-state index in [1.807, 2.05) is 24.3 Å². The molecule has 0 heterocycles. The van der Waals surface area contributed by atoms with Gasteiger partial charge in [0.05, 0.1) is 17.1 Å². The molecule has 0 saturated carbocycles. The largest absolute Gasteiger partial charge is 0.289 e. The lowest BCUT2D eigenvalue weighted by Gasteiger charge is -2.07. The highest BCUT2D eigenvalue weighted by Crippen LogP contribution is 2.20. The minimum absolute atomic E-state index is 0. The average Bonchev–Trinajstić information content (AvgIpc) is 3.29. The van der Waals surface area contributed by atoms with Gasteiger partial charge < -0.3 is 0 Å². The van der Waals surface area contributed by atoms with Crippen LogP contribution in [0.2, 0.25) is 0 Å². The number of rotatable bonds is 12. The van der Waals surface area contributed by atoms with Gasteiger partial charge in [0, 0.05) is 7.05 Å². The molecule has 0 unspecified atom stereocenters. The van der Waals surface area contributed by atoms with Gasteiger partial charge in [0.25, 0.3) is 0 Å². The van der Waals surface area contributed by atoms with Gasteiger partial charge in [-0.3, -0.25) is 4.99 Å². The third-order valence-corrected chi connectivity index (χ3v) is 11.1. The van der Waals surface area contributed by atoms with Gasteiger partial charge in [-0.05, 0) is 150 Å². The minimum atomic E-state index is 0. The van der Waals surface area contributed by atoms with Crippen molar-refractivity contribution in [1.82, 2.24) is 0 Å². The molecule has 1 aliphatic carbocycles. The summed E-state index contributed by atoms with van der Waals surface area (Å²) in [5.74, 6) is 0. The summed E-state index contributed by atoms with van der Waals surface area (Å²) < 4.78 is 0. The first-order chi connectivity index (χ1) is 29.3. The highest BCUT2D eigenvalue weighted by Gasteiger charge is 2.04. The number of aryl methyl sites for hydroxylation is 3. The summed E-state index contributed by atoms with van der Waals surface area (Å²) in [6, 6.07) is 62.2. The zero-order valence-electron chi connectivity index (χ0n) is 36.4. The normalized spacial score (nSPS) is 11.5. The maximum Gasteiger partial charge on any atom is 0.0638 e. The predicted molar refractivity (Wildman–Crippen MR) is 271 cm³/mol. The molecule has 0 N–H and O–H groups in total. The number of aliphatic imine (C=N–C) groups is 2. The SMILES string of the molecule is CCc1ccc(Cc2ccc(Cc3ccc(Cc4ccc(C)cc4)cc3)cc2)cc1.CN=C1C=CC(=Nc2ccc(Cc3ccc(Cc4ccc(C)cc4)cc3)cc2)C=C1.Cl.Cl. The summed E-state index contributed by atoms with van der Waals surface area (Å²) in [6.45, 7) is 6.46. The summed E-state index contributed by atoms with van der Waals surface area (Å²) in [5.41, 5.74) is 20.4. The molecule has 1 aliphatic rings. The monoisotopic (exact) mass is 852 g/mol. The summed E-state index contributed by atoms with van der Waals surface area (Å²) >= 11 is 0. The Labute approximate surface area is 382 Å². The van der Waals surface area contributed by atoms with Crippen LogP contribution in [0.25, 0.3) is 0 Å². The Kier molecular flexibility index (Phi) is 18.0. The van der Waals surface area contributed by atoms with E-state index in [-0.39, 0.29) is 24.8 Å². The molecule has 2 nitrogen and oxygen atoms in total. The van der Waals surface area contributed by atoms with Gasteiger partial charge in [0.2, 0.25) is 0 Å². The Morgan fingerprint density at radius 2 is 0.532 bits per heavy atom. The molecule has 8 rings (SSSR count). The van der Waals surface area contributed by atoms with Crippen LogP contribution in [0.3, 0.4) is 0 Å². The molecule has 0 atom stereocenters. The lowest BCUT2D eigenvalue weighted by Crippen LogP contribution is -1.99. The van der Waals surface area contributed by atoms with E-state index in [9.17, 15) is 0 Å². The first-order valence-electron chi connectivity index (χ1n) is 21.3. The second-order valence-electron chi connectivity index (χ2n) is 16.0. The topological polar surface area (TPSA) is 24.7 Å². The molecular weight excluding hydrogens is 796 g/mol. The molecular formula is C58H58Cl2N2. The number of halogens is 2.